The summed E-state index contributed by atoms with van der Waals surface area (Å²) in [6, 6.07) is 1.95. The summed E-state index contributed by atoms with van der Waals surface area (Å²) in [5.41, 5.74) is 0.220. The Balaban J connectivity index is 2.89. The molecule has 0 unspecified atom stereocenters. The van der Waals surface area contributed by atoms with Crippen molar-refractivity contribution in [1.82, 2.24) is 10.2 Å². The third-order valence-corrected chi connectivity index (χ3v) is 2.87. The molecule has 1 heterocycles. The number of aromatic nitrogens is 2. The van der Waals surface area contributed by atoms with Gasteiger partial charge in [0.05, 0.1) is 10.5 Å². The highest BCUT2D eigenvalue weighted by Gasteiger charge is 2.10. The van der Waals surface area contributed by atoms with Gasteiger partial charge in [0.25, 0.3) is 0 Å². The summed E-state index contributed by atoms with van der Waals surface area (Å²) < 4.78 is 25.9. The van der Waals surface area contributed by atoms with Crippen molar-refractivity contribution in [3.05, 3.63) is 33.4 Å². The smallest absolute Gasteiger partial charge is 0.161 e. The molecule has 0 N–H and O–H groups in total. The average molecular weight is 279 g/mol. The third kappa shape index (κ3) is 1.46. The highest BCUT2D eigenvalue weighted by atomic mass is 79.9. The second kappa shape index (κ2) is 3.40. The molecule has 0 amide bonds. The first-order valence-electron chi connectivity index (χ1n) is 3.56. The molecule has 1 aromatic carbocycles. The summed E-state index contributed by atoms with van der Waals surface area (Å²) in [7, 11) is 0. The number of halogens is 4. The Labute approximate surface area is 91.0 Å². The molecule has 72 valence electrons. The van der Waals surface area contributed by atoms with Crippen molar-refractivity contribution in [2.45, 2.75) is 0 Å². The molecule has 2 rings (SSSR count). The number of hydrogen-bond donors (Lipinski definition) is 0. The van der Waals surface area contributed by atoms with Crippen LogP contribution in [0, 0.1) is 11.6 Å². The first-order valence-corrected chi connectivity index (χ1v) is 4.73. The molecule has 0 atom stereocenters. The molecular formula is C8H2BrClF2N2. The lowest BCUT2D eigenvalue weighted by atomic mass is 10.2. The monoisotopic (exact) mass is 278 g/mol. The van der Waals surface area contributed by atoms with Gasteiger partial charge in [-0.1, -0.05) is 11.6 Å². The Morgan fingerprint density at radius 2 is 1.79 bits per heavy atom. The van der Waals surface area contributed by atoms with E-state index in [1.807, 2.05) is 0 Å². The van der Waals surface area contributed by atoms with Crippen LogP contribution in [0.15, 0.2) is 16.7 Å². The maximum Gasteiger partial charge on any atom is 0.161 e. The van der Waals surface area contributed by atoms with Crippen LogP contribution in [0.2, 0.25) is 5.02 Å². The fraction of sp³-hybridized carbons (Fsp3) is 0. The molecule has 0 saturated carbocycles. The van der Waals surface area contributed by atoms with Crippen molar-refractivity contribution in [3.8, 4) is 0 Å². The Morgan fingerprint density at radius 3 is 2.50 bits per heavy atom. The van der Waals surface area contributed by atoms with Gasteiger partial charge in [0.15, 0.2) is 11.6 Å². The van der Waals surface area contributed by atoms with E-state index in [-0.39, 0.29) is 10.5 Å². The van der Waals surface area contributed by atoms with Crippen LogP contribution >= 0.6 is 27.5 Å². The van der Waals surface area contributed by atoms with Crippen molar-refractivity contribution in [3.63, 3.8) is 0 Å². The molecule has 0 spiro atoms. The van der Waals surface area contributed by atoms with Gasteiger partial charge in [-0.05, 0) is 22.0 Å². The quantitative estimate of drug-likeness (QED) is 0.739. The molecule has 0 saturated heterocycles. The van der Waals surface area contributed by atoms with Crippen LogP contribution in [0.25, 0.3) is 10.9 Å². The normalized spacial score (nSPS) is 10.9. The third-order valence-electron chi connectivity index (χ3n) is 1.70. The van der Waals surface area contributed by atoms with E-state index in [1.54, 1.807) is 0 Å². The highest BCUT2D eigenvalue weighted by Crippen LogP contribution is 2.28. The van der Waals surface area contributed by atoms with E-state index in [0.717, 1.165) is 12.1 Å². The number of fused-ring (bicyclic) bond motifs is 1. The van der Waals surface area contributed by atoms with Crippen molar-refractivity contribution >= 4 is 38.4 Å². The van der Waals surface area contributed by atoms with Crippen LogP contribution < -0.4 is 0 Å². The predicted octanol–water partition coefficient (Wildman–Crippen LogP) is 3.32. The zero-order chi connectivity index (χ0) is 10.3. The highest BCUT2D eigenvalue weighted by molar-refractivity contribution is 9.10. The molecule has 0 fully saturated rings. The zero-order valence-electron chi connectivity index (χ0n) is 6.56. The van der Waals surface area contributed by atoms with Gasteiger partial charge in [-0.3, -0.25) is 0 Å². The number of benzene rings is 1. The predicted molar refractivity (Wildman–Crippen MR) is 52.2 cm³/mol. The standard InChI is InChI=1S/C8H2BrClF2N2/c9-8-7(10)3-1-4(11)5(12)2-6(3)13-14-8/h1-2H. The van der Waals surface area contributed by atoms with Gasteiger partial charge < -0.3 is 0 Å². The lowest BCUT2D eigenvalue weighted by Gasteiger charge is -2.01. The zero-order valence-corrected chi connectivity index (χ0v) is 8.90. The number of nitrogens with zero attached hydrogens (tertiary/aromatic N) is 2. The van der Waals surface area contributed by atoms with E-state index >= 15 is 0 Å². The van der Waals surface area contributed by atoms with E-state index < -0.39 is 11.6 Å². The fourth-order valence-electron chi connectivity index (χ4n) is 1.05. The van der Waals surface area contributed by atoms with Gasteiger partial charge in [0.2, 0.25) is 0 Å². The topological polar surface area (TPSA) is 25.8 Å². The van der Waals surface area contributed by atoms with Crippen molar-refractivity contribution in [1.29, 1.82) is 0 Å². The second-order valence-corrected chi connectivity index (χ2v) is 3.72. The SMILES string of the molecule is Fc1cc2nnc(Br)c(Cl)c2cc1F. The van der Waals surface area contributed by atoms with Crippen LogP contribution in [0.4, 0.5) is 8.78 Å². The molecule has 2 aromatic rings. The van der Waals surface area contributed by atoms with E-state index in [9.17, 15) is 8.78 Å². The summed E-state index contributed by atoms with van der Waals surface area (Å²) >= 11 is 8.85. The van der Waals surface area contributed by atoms with E-state index in [1.165, 1.54) is 0 Å². The van der Waals surface area contributed by atoms with Crippen LogP contribution in [-0.4, -0.2) is 10.2 Å². The van der Waals surface area contributed by atoms with Gasteiger partial charge in [0.1, 0.15) is 4.60 Å². The molecule has 2 nitrogen and oxygen atoms in total. The second-order valence-electron chi connectivity index (χ2n) is 2.59. The minimum Gasteiger partial charge on any atom is -0.204 e. The molecule has 0 bridgehead atoms. The summed E-state index contributed by atoms with van der Waals surface area (Å²) in [6.07, 6.45) is 0. The van der Waals surface area contributed by atoms with Crippen LogP contribution in [0.1, 0.15) is 0 Å². The van der Waals surface area contributed by atoms with Gasteiger partial charge in [0, 0.05) is 11.5 Å². The maximum atomic E-state index is 12.9. The summed E-state index contributed by atoms with van der Waals surface area (Å²) in [4.78, 5) is 0. The lowest BCUT2D eigenvalue weighted by molar-refractivity contribution is 0.510. The molecule has 0 radical (unpaired) electrons. The Hall–Kier alpha value is -0.810. The molecule has 0 aliphatic rings. The Morgan fingerprint density at radius 1 is 1.14 bits per heavy atom. The molecule has 6 heteroatoms. The summed E-state index contributed by atoms with van der Waals surface area (Å²) in [5, 5.41) is 7.82. The Kier molecular flexibility index (Phi) is 2.36. The van der Waals surface area contributed by atoms with Gasteiger partial charge in [-0.25, -0.2) is 8.78 Å². The van der Waals surface area contributed by atoms with Gasteiger partial charge >= 0.3 is 0 Å². The molecule has 14 heavy (non-hydrogen) atoms. The van der Waals surface area contributed by atoms with Crippen molar-refractivity contribution in [2.75, 3.05) is 0 Å². The Bertz CT molecular complexity index is 518. The molecule has 1 aromatic heterocycles. The molecule has 0 aliphatic heterocycles. The lowest BCUT2D eigenvalue weighted by Crippen LogP contribution is -1.91. The van der Waals surface area contributed by atoms with Crippen LogP contribution in [-0.2, 0) is 0 Å². The average Bonchev–Trinajstić information content (AvgIpc) is 2.15. The van der Waals surface area contributed by atoms with Gasteiger partial charge in [-0.15, -0.1) is 10.2 Å². The minimum absolute atomic E-state index is 0.217. The van der Waals surface area contributed by atoms with Crippen LogP contribution in [0.5, 0.6) is 0 Å². The summed E-state index contributed by atoms with van der Waals surface area (Å²) in [6.45, 7) is 0. The first kappa shape index (κ1) is 9.73. The van der Waals surface area contributed by atoms with E-state index in [0.29, 0.717) is 9.99 Å². The van der Waals surface area contributed by atoms with Crippen LogP contribution in [0.3, 0.4) is 0 Å². The van der Waals surface area contributed by atoms with Crippen molar-refractivity contribution in [2.24, 2.45) is 0 Å². The van der Waals surface area contributed by atoms with Gasteiger partial charge in [-0.2, -0.15) is 0 Å². The largest absolute Gasteiger partial charge is 0.204 e. The first-order chi connectivity index (χ1) is 6.59. The van der Waals surface area contributed by atoms with E-state index in [2.05, 4.69) is 26.1 Å². The van der Waals surface area contributed by atoms with E-state index in [4.69, 9.17) is 11.6 Å². The number of hydrogen-bond acceptors (Lipinski definition) is 2. The molecular weight excluding hydrogens is 277 g/mol. The fourth-order valence-corrected chi connectivity index (χ4v) is 1.53. The van der Waals surface area contributed by atoms with Crippen molar-refractivity contribution < 1.29 is 8.78 Å². The molecule has 0 aliphatic carbocycles. The maximum absolute atomic E-state index is 12.9. The minimum atomic E-state index is -0.967. The summed E-state index contributed by atoms with van der Waals surface area (Å²) in [5.74, 6) is -1.93. The number of rotatable bonds is 0.